The van der Waals surface area contributed by atoms with Gasteiger partial charge in [0.25, 0.3) is 0 Å². The van der Waals surface area contributed by atoms with Crippen molar-refractivity contribution in [1.82, 2.24) is 4.98 Å². The van der Waals surface area contributed by atoms with Gasteiger partial charge in [-0.15, -0.1) is 28.3 Å². The van der Waals surface area contributed by atoms with Gasteiger partial charge in [-0.1, -0.05) is 37.3 Å². The van der Waals surface area contributed by atoms with Crippen molar-refractivity contribution < 1.29 is 4.79 Å². The lowest BCUT2D eigenvalue weighted by molar-refractivity contribution is -0.116. The molecule has 3 rings (SSSR count). The zero-order valence-electron chi connectivity index (χ0n) is 13.9. The molecule has 130 valence electrons. The molecular weight excluding hydrogens is 398 g/mol. The molecule has 1 heterocycles. The van der Waals surface area contributed by atoms with Gasteiger partial charge >= 0.3 is 0 Å². The van der Waals surface area contributed by atoms with Crippen LogP contribution in [0.5, 0.6) is 0 Å². The molecule has 0 saturated heterocycles. The van der Waals surface area contributed by atoms with Crippen molar-refractivity contribution in [2.24, 2.45) is 0 Å². The first-order valence-corrected chi connectivity index (χ1v) is 8.80. The Bertz CT molecular complexity index is 803. The summed E-state index contributed by atoms with van der Waals surface area (Å²) in [7, 11) is 0. The number of halogens is 1. The van der Waals surface area contributed by atoms with E-state index in [0.29, 0.717) is 6.42 Å². The summed E-state index contributed by atoms with van der Waals surface area (Å²) in [5.41, 5.74) is 3.79. The van der Waals surface area contributed by atoms with E-state index in [4.69, 9.17) is 0 Å². The minimum absolute atomic E-state index is 0. The quantitative estimate of drug-likeness (QED) is 0.526. The summed E-state index contributed by atoms with van der Waals surface area (Å²) in [6, 6.07) is 17.7. The fourth-order valence-corrected chi connectivity index (χ4v) is 3.02. The Kier molecular flexibility index (Phi) is 7.16. The van der Waals surface area contributed by atoms with E-state index in [1.54, 1.807) is 11.3 Å². The number of amides is 1. The van der Waals surface area contributed by atoms with Crippen LogP contribution in [0.2, 0.25) is 0 Å². The van der Waals surface area contributed by atoms with Crippen LogP contribution in [0.1, 0.15) is 19.8 Å². The maximum Gasteiger partial charge on any atom is 0.224 e. The van der Waals surface area contributed by atoms with E-state index < -0.39 is 0 Å². The summed E-state index contributed by atoms with van der Waals surface area (Å²) in [5, 5.41) is 9.07. The molecule has 0 aliphatic heterocycles. The van der Waals surface area contributed by atoms with E-state index in [9.17, 15) is 4.79 Å². The fraction of sp³-hybridized carbons (Fsp3) is 0.158. The smallest absolute Gasteiger partial charge is 0.224 e. The van der Waals surface area contributed by atoms with Gasteiger partial charge in [0.05, 0.1) is 5.69 Å². The molecule has 2 aromatic carbocycles. The highest BCUT2D eigenvalue weighted by Crippen LogP contribution is 2.27. The molecule has 2 N–H and O–H groups in total. The summed E-state index contributed by atoms with van der Waals surface area (Å²) in [6.07, 6.45) is 1.39. The van der Waals surface area contributed by atoms with Crippen molar-refractivity contribution >= 4 is 50.7 Å². The number of hydrogen-bond acceptors (Lipinski definition) is 4. The van der Waals surface area contributed by atoms with E-state index >= 15 is 0 Å². The molecule has 0 radical (unpaired) electrons. The molecule has 25 heavy (non-hydrogen) atoms. The number of hydrogen-bond donors (Lipinski definition) is 2. The second-order valence-corrected chi connectivity index (χ2v) is 6.26. The van der Waals surface area contributed by atoms with Gasteiger partial charge in [0.15, 0.2) is 5.13 Å². The van der Waals surface area contributed by atoms with Crippen LogP contribution in [-0.4, -0.2) is 10.9 Å². The van der Waals surface area contributed by atoms with Crippen molar-refractivity contribution in [2.45, 2.75) is 19.8 Å². The molecule has 0 aliphatic carbocycles. The molecule has 0 saturated carbocycles. The summed E-state index contributed by atoms with van der Waals surface area (Å²) >= 11 is 1.57. The normalized spacial score (nSPS) is 9.96. The van der Waals surface area contributed by atoms with Crippen LogP contribution in [0.3, 0.4) is 0 Å². The lowest BCUT2D eigenvalue weighted by Crippen LogP contribution is -2.10. The molecule has 0 bridgehead atoms. The maximum absolute atomic E-state index is 11.6. The number of nitrogens with one attached hydrogen (secondary N) is 2. The zero-order valence-corrected chi connectivity index (χ0v) is 16.4. The molecule has 1 aromatic heterocycles. The van der Waals surface area contributed by atoms with Gasteiger partial charge in [-0.05, 0) is 30.7 Å². The molecule has 6 heteroatoms. The molecule has 0 unspecified atom stereocenters. The van der Waals surface area contributed by atoms with Gasteiger partial charge in [-0.3, -0.25) is 4.79 Å². The summed E-state index contributed by atoms with van der Waals surface area (Å²) in [4.78, 5) is 16.2. The molecule has 0 spiro atoms. The minimum Gasteiger partial charge on any atom is -0.332 e. The topological polar surface area (TPSA) is 54.0 Å². The van der Waals surface area contributed by atoms with E-state index in [1.807, 2.05) is 66.9 Å². The highest BCUT2D eigenvalue weighted by molar-refractivity contribution is 8.93. The number of carbonyl (C=O) groups is 1. The summed E-state index contributed by atoms with van der Waals surface area (Å²) in [6.45, 7) is 1.99. The zero-order chi connectivity index (χ0) is 16.8. The number of rotatable bonds is 6. The number of anilines is 3. The number of para-hydroxylation sites is 1. The van der Waals surface area contributed by atoms with Crippen LogP contribution in [0.25, 0.3) is 11.3 Å². The third-order valence-corrected chi connectivity index (χ3v) is 4.23. The Morgan fingerprint density at radius 1 is 1.04 bits per heavy atom. The van der Waals surface area contributed by atoms with E-state index in [1.165, 1.54) is 0 Å². The van der Waals surface area contributed by atoms with Gasteiger partial charge < -0.3 is 10.6 Å². The van der Waals surface area contributed by atoms with Gasteiger partial charge in [0.2, 0.25) is 5.91 Å². The van der Waals surface area contributed by atoms with Crippen LogP contribution in [0, 0.1) is 0 Å². The number of thiazole rings is 1. The van der Waals surface area contributed by atoms with Crippen LogP contribution in [0.15, 0.2) is 60.0 Å². The number of aromatic nitrogens is 1. The standard InChI is InChI=1S/C19H19N3OS.BrH/c1-2-6-18(23)20-16-11-9-14(10-12-16)17-13-24-19(22-17)21-15-7-4-3-5-8-15;/h3-5,7-13H,2,6H2,1H3,(H,20,23)(H,21,22);1H. The first-order chi connectivity index (χ1) is 11.7. The van der Waals surface area contributed by atoms with E-state index in [0.717, 1.165) is 34.2 Å². The van der Waals surface area contributed by atoms with Crippen LogP contribution < -0.4 is 10.6 Å². The Morgan fingerprint density at radius 3 is 2.44 bits per heavy atom. The summed E-state index contributed by atoms with van der Waals surface area (Å²) < 4.78 is 0. The Labute approximate surface area is 162 Å². The predicted molar refractivity (Wildman–Crippen MR) is 111 cm³/mol. The Balaban J connectivity index is 0.00000225. The molecule has 1 amide bonds. The van der Waals surface area contributed by atoms with E-state index in [-0.39, 0.29) is 22.9 Å². The number of carbonyl (C=O) groups excluding carboxylic acids is 1. The SMILES string of the molecule is Br.CCCC(=O)Nc1ccc(-c2csc(Nc3ccccc3)n2)cc1. The third-order valence-electron chi connectivity index (χ3n) is 3.47. The van der Waals surface area contributed by atoms with Gasteiger partial charge in [-0.2, -0.15) is 0 Å². The van der Waals surface area contributed by atoms with Crippen molar-refractivity contribution in [3.8, 4) is 11.3 Å². The van der Waals surface area contributed by atoms with Crippen molar-refractivity contribution in [3.05, 3.63) is 60.0 Å². The first kappa shape index (κ1) is 19.1. The molecule has 0 atom stereocenters. The number of nitrogens with zero attached hydrogens (tertiary/aromatic N) is 1. The summed E-state index contributed by atoms with van der Waals surface area (Å²) in [5.74, 6) is 0.0493. The van der Waals surface area contributed by atoms with Gasteiger partial charge in [0, 0.05) is 28.7 Å². The lowest BCUT2D eigenvalue weighted by atomic mass is 10.1. The second kappa shape index (κ2) is 9.34. The average Bonchev–Trinajstić information content (AvgIpc) is 3.05. The van der Waals surface area contributed by atoms with E-state index in [2.05, 4.69) is 15.6 Å². The van der Waals surface area contributed by atoms with Crippen molar-refractivity contribution in [3.63, 3.8) is 0 Å². The fourth-order valence-electron chi connectivity index (χ4n) is 2.28. The average molecular weight is 418 g/mol. The second-order valence-electron chi connectivity index (χ2n) is 5.40. The Hall–Kier alpha value is -2.18. The largest absolute Gasteiger partial charge is 0.332 e. The van der Waals surface area contributed by atoms with Crippen molar-refractivity contribution in [2.75, 3.05) is 10.6 Å². The lowest BCUT2D eigenvalue weighted by Gasteiger charge is -2.05. The maximum atomic E-state index is 11.6. The highest BCUT2D eigenvalue weighted by Gasteiger charge is 2.06. The Morgan fingerprint density at radius 2 is 1.76 bits per heavy atom. The van der Waals surface area contributed by atoms with Crippen LogP contribution >= 0.6 is 28.3 Å². The predicted octanol–water partition coefficient (Wildman–Crippen LogP) is 5.87. The molecular formula is C19H20BrN3OS. The van der Waals surface area contributed by atoms with Crippen LogP contribution in [0.4, 0.5) is 16.5 Å². The number of benzene rings is 2. The molecule has 3 aromatic rings. The highest BCUT2D eigenvalue weighted by atomic mass is 79.9. The molecule has 0 aliphatic rings. The third kappa shape index (κ3) is 5.41. The molecule has 0 fully saturated rings. The minimum atomic E-state index is 0. The van der Waals surface area contributed by atoms with Gasteiger partial charge in [0.1, 0.15) is 0 Å². The van der Waals surface area contributed by atoms with Crippen molar-refractivity contribution in [1.29, 1.82) is 0 Å². The first-order valence-electron chi connectivity index (χ1n) is 7.92. The van der Waals surface area contributed by atoms with Gasteiger partial charge in [-0.25, -0.2) is 4.98 Å². The molecule has 4 nitrogen and oxygen atoms in total. The van der Waals surface area contributed by atoms with Crippen LogP contribution in [-0.2, 0) is 4.79 Å². The monoisotopic (exact) mass is 417 g/mol.